The van der Waals surface area contributed by atoms with Crippen LogP contribution in [0.25, 0.3) is 0 Å². The minimum Gasteiger partial charge on any atom is -0.726 e. The topological polar surface area (TPSA) is 122 Å². The summed E-state index contributed by atoms with van der Waals surface area (Å²) in [6.07, 6.45) is 20.2. The van der Waals surface area contributed by atoms with E-state index in [4.69, 9.17) is 4.74 Å². The summed E-state index contributed by atoms with van der Waals surface area (Å²) in [7, 11) is 2.78. The Hall–Kier alpha value is -1.23. The number of carbonyl (C=O) groups is 2. The minimum atomic E-state index is -4.41. The van der Waals surface area contributed by atoms with E-state index in [1.165, 1.54) is 83.5 Å². The molecule has 0 aliphatic carbocycles. The summed E-state index contributed by atoms with van der Waals surface area (Å²) >= 11 is 0. The molecule has 0 saturated carbocycles. The third-order valence-electron chi connectivity index (χ3n) is 6.17. The third-order valence-corrected chi connectivity index (χ3v) is 6.58. The zero-order valence-corrected chi connectivity index (χ0v) is 26.0. The van der Waals surface area contributed by atoms with Gasteiger partial charge in [0, 0.05) is 19.4 Å². The van der Waals surface area contributed by atoms with E-state index in [0.717, 1.165) is 37.4 Å². The van der Waals surface area contributed by atoms with Crippen molar-refractivity contribution in [1.29, 1.82) is 0 Å². The monoisotopic (exact) mass is 566 g/mol. The predicted molar refractivity (Wildman–Crippen MR) is 152 cm³/mol. The molecular formula is C28H58N2O7S. The highest BCUT2D eigenvalue weighted by molar-refractivity contribution is 7.80. The number of esters is 1. The van der Waals surface area contributed by atoms with Gasteiger partial charge in [-0.3, -0.25) is 13.8 Å². The fourth-order valence-electron chi connectivity index (χ4n) is 3.86. The molecule has 1 unspecified atom stereocenters. The molecule has 0 fully saturated rings. The number of quaternary nitrogens is 1. The largest absolute Gasteiger partial charge is 0.726 e. The molecule has 1 atom stereocenters. The molecule has 0 spiro atoms. The molecule has 0 aromatic heterocycles. The van der Waals surface area contributed by atoms with Crippen LogP contribution in [0.5, 0.6) is 0 Å². The van der Waals surface area contributed by atoms with E-state index in [1.807, 2.05) is 0 Å². The number of hydrogen-bond donors (Lipinski definition) is 1. The van der Waals surface area contributed by atoms with Crippen LogP contribution in [-0.4, -0.2) is 76.8 Å². The van der Waals surface area contributed by atoms with Crippen molar-refractivity contribution in [3.05, 3.63) is 0 Å². The molecule has 0 rings (SSSR count). The van der Waals surface area contributed by atoms with Crippen molar-refractivity contribution < 1.29 is 36.0 Å². The molecule has 0 aromatic carbocycles. The highest BCUT2D eigenvalue weighted by Crippen LogP contribution is 2.14. The van der Waals surface area contributed by atoms with Crippen LogP contribution >= 0.6 is 0 Å². The lowest BCUT2D eigenvalue weighted by molar-refractivity contribution is -0.870. The van der Waals surface area contributed by atoms with Crippen LogP contribution in [0, 0.1) is 0 Å². The number of hydrogen-bond acceptors (Lipinski definition) is 7. The molecular weight excluding hydrogens is 508 g/mol. The summed E-state index contributed by atoms with van der Waals surface area (Å²) in [5, 5.41) is 2.86. The Balaban J connectivity index is 0. The van der Waals surface area contributed by atoms with Crippen LogP contribution in [0.2, 0.25) is 0 Å². The maximum absolute atomic E-state index is 12.0. The number of amides is 1. The fourth-order valence-corrected chi connectivity index (χ4v) is 3.86. The first kappa shape index (κ1) is 38.9. The molecule has 1 N–H and O–H groups in total. The molecule has 0 aromatic rings. The van der Waals surface area contributed by atoms with Gasteiger partial charge in [-0.15, -0.1) is 0 Å². The summed E-state index contributed by atoms with van der Waals surface area (Å²) in [6.45, 7) is 5.54. The lowest BCUT2D eigenvalue weighted by Crippen LogP contribution is -2.40. The lowest BCUT2D eigenvalue weighted by atomic mass is 10.0. The fraction of sp³-hybridized carbons (Fsp3) is 0.929. The van der Waals surface area contributed by atoms with Gasteiger partial charge in [0.15, 0.2) is 6.10 Å². The molecule has 0 radical (unpaired) electrons. The van der Waals surface area contributed by atoms with Crippen LogP contribution < -0.4 is 5.32 Å². The first-order valence-corrected chi connectivity index (χ1v) is 15.9. The predicted octanol–water partition coefficient (Wildman–Crippen LogP) is 5.49. The van der Waals surface area contributed by atoms with Crippen molar-refractivity contribution in [1.82, 2.24) is 5.32 Å². The van der Waals surface area contributed by atoms with Crippen LogP contribution in [0.4, 0.5) is 0 Å². The number of ether oxygens (including phenoxy) is 1. The zero-order valence-electron chi connectivity index (χ0n) is 25.2. The second-order valence-corrected chi connectivity index (χ2v) is 12.2. The lowest BCUT2D eigenvalue weighted by Gasteiger charge is -2.23. The molecule has 0 saturated heterocycles. The van der Waals surface area contributed by atoms with Gasteiger partial charge in [0.05, 0.1) is 34.8 Å². The Labute approximate surface area is 234 Å². The average Bonchev–Trinajstić information content (AvgIpc) is 2.83. The average molecular weight is 567 g/mol. The first-order valence-electron chi connectivity index (χ1n) is 14.6. The normalized spacial score (nSPS) is 12.4. The second kappa shape index (κ2) is 24.8. The van der Waals surface area contributed by atoms with E-state index in [9.17, 15) is 22.6 Å². The number of unbranched alkanes of at least 4 members (excludes halogenated alkanes) is 14. The summed E-state index contributed by atoms with van der Waals surface area (Å²) in [5.74, 6) is -0.454. The van der Waals surface area contributed by atoms with Crippen molar-refractivity contribution in [2.45, 2.75) is 129 Å². The Bertz CT molecular complexity index is 679. The minimum absolute atomic E-state index is 0.198. The molecule has 0 bridgehead atoms. The van der Waals surface area contributed by atoms with E-state index < -0.39 is 16.5 Å². The Morgan fingerprint density at radius 2 is 1.18 bits per heavy atom. The summed E-state index contributed by atoms with van der Waals surface area (Å²) < 4.78 is 37.2. The van der Waals surface area contributed by atoms with E-state index >= 15 is 0 Å². The Kier molecular flexibility index (Phi) is 25.4. The molecule has 228 valence electrons. The van der Waals surface area contributed by atoms with Gasteiger partial charge in [-0.25, -0.2) is 8.42 Å². The van der Waals surface area contributed by atoms with Crippen LogP contribution in [-0.2, 0) is 28.9 Å². The van der Waals surface area contributed by atoms with E-state index in [0.29, 0.717) is 13.0 Å². The van der Waals surface area contributed by atoms with Crippen molar-refractivity contribution in [3.63, 3.8) is 0 Å². The first-order chi connectivity index (χ1) is 17.8. The highest BCUT2D eigenvalue weighted by Gasteiger charge is 2.17. The molecule has 0 aliphatic heterocycles. The summed E-state index contributed by atoms with van der Waals surface area (Å²) in [6, 6.07) is 0. The summed E-state index contributed by atoms with van der Waals surface area (Å²) in [4.78, 5) is 24.0. The van der Waals surface area contributed by atoms with E-state index in [1.54, 1.807) is 6.92 Å². The van der Waals surface area contributed by atoms with Crippen molar-refractivity contribution in [2.75, 3.05) is 41.3 Å². The number of rotatable bonds is 23. The maximum Gasteiger partial charge on any atom is 0.306 e. The Morgan fingerprint density at radius 1 is 0.789 bits per heavy atom. The standard InChI is InChI=1S/C27H54N2O3.CH4O4S/c1-6-7-8-9-10-11-12-13-14-15-16-17-18-19-20-22-26(30)32-25(2)27(31)28-23-21-24-29(3,4)5;1-5-6(2,3)4/h25H,6-24H2,1-5H3;1H3,(H,2,3,4). The van der Waals surface area contributed by atoms with Gasteiger partial charge in [0.2, 0.25) is 10.4 Å². The van der Waals surface area contributed by atoms with Gasteiger partial charge in [0.1, 0.15) is 0 Å². The van der Waals surface area contributed by atoms with Gasteiger partial charge in [0.25, 0.3) is 5.91 Å². The molecule has 10 heteroatoms. The third kappa shape index (κ3) is 32.8. The maximum atomic E-state index is 12.0. The van der Waals surface area contributed by atoms with Gasteiger partial charge in [-0.05, 0) is 13.3 Å². The molecule has 38 heavy (non-hydrogen) atoms. The van der Waals surface area contributed by atoms with Crippen molar-refractivity contribution in [2.24, 2.45) is 0 Å². The number of carbonyl (C=O) groups excluding carboxylic acids is 2. The zero-order chi connectivity index (χ0) is 29.3. The molecule has 0 heterocycles. The van der Waals surface area contributed by atoms with Crippen LogP contribution in [0.3, 0.4) is 0 Å². The number of nitrogens with one attached hydrogen (secondary N) is 1. The van der Waals surface area contributed by atoms with Gasteiger partial charge < -0.3 is 19.1 Å². The van der Waals surface area contributed by atoms with E-state index in [-0.39, 0.29) is 11.9 Å². The van der Waals surface area contributed by atoms with Gasteiger partial charge in [-0.1, -0.05) is 96.8 Å². The second-order valence-electron chi connectivity index (χ2n) is 11.1. The van der Waals surface area contributed by atoms with Crippen LogP contribution in [0.1, 0.15) is 123 Å². The smallest absolute Gasteiger partial charge is 0.306 e. The molecule has 9 nitrogen and oxygen atoms in total. The quantitative estimate of drug-likeness (QED) is 0.0571. The molecule has 0 aliphatic rings. The van der Waals surface area contributed by atoms with Gasteiger partial charge in [-0.2, -0.15) is 0 Å². The molecule has 1 amide bonds. The van der Waals surface area contributed by atoms with Crippen molar-refractivity contribution >= 4 is 22.3 Å². The van der Waals surface area contributed by atoms with Crippen LogP contribution in [0.15, 0.2) is 0 Å². The Morgan fingerprint density at radius 3 is 1.55 bits per heavy atom. The number of nitrogens with zero attached hydrogens (tertiary/aromatic N) is 1. The van der Waals surface area contributed by atoms with Gasteiger partial charge >= 0.3 is 5.97 Å². The van der Waals surface area contributed by atoms with Crippen molar-refractivity contribution in [3.8, 4) is 0 Å². The summed E-state index contributed by atoms with van der Waals surface area (Å²) in [5.41, 5.74) is 0. The van der Waals surface area contributed by atoms with E-state index in [2.05, 4.69) is 37.6 Å². The highest BCUT2D eigenvalue weighted by atomic mass is 32.3. The SMILES string of the molecule is CCCCCCCCCCCCCCCCCC(=O)OC(C)C(=O)NCCC[N+](C)(C)C.COS(=O)(=O)[O-].